The second-order valence-electron chi connectivity index (χ2n) is 5.81. The molecule has 1 rings (SSSR count). The zero-order valence-electron chi connectivity index (χ0n) is 14.1. The molecule has 1 amide bonds. The average Bonchev–Trinajstić information content (AvgIpc) is 2.51. The van der Waals surface area contributed by atoms with E-state index in [4.69, 9.17) is 0 Å². The van der Waals surface area contributed by atoms with Gasteiger partial charge in [0.25, 0.3) is 0 Å². The molecule has 1 N–H and O–H groups in total. The van der Waals surface area contributed by atoms with E-state index in [2.05, 4.69) is 43.4 Å². The van der Waals surface area contributed by atoms with Crippen LogP contribution >= 0.6 is 0 Å². The van der Waals surface area contributed by atoms with Gasteiger partial charge in [-0.15, -0.1) is 0 Å². The Morgan fingerprint density at radius 2 is 1.81 bits per heavy atom. The summed E-state index contributed by atoms with van der Waals surface area (Å²) in [6.07, 6.45) is 3.61. The highest BCUT2D eigenvalue weighted by Gasteiger charge is 2.18. The SMILES string of the molecule is CCCCc1ccc(C(C)NC(C)C(=O)N(C)CC)cc1. The van der Waals surface area contributed by atoms with E-state index in [9.17, 15) is 4.79 Å². The van der Waals surface area contributed by atoms with Gasteiger partial charge in [-0.2, -0.15) is 0 Å². The largest absolute Gasteiger partial charge is 0.345 e. The number of benzene rings is 1. The summed E-state index contributed by atoms with van der Waals surface area (Å²) in [7, 11) is 1.84. The lowest BCUT2D eigenvalue weighted by Gasteiger charge is -2.24. The van der Waals surface area contributed by atoms with Gasteiger partial charge in [0.1, 0.15) is 0 Å². The zero-order chi connectivity index (χ0) is 15.8. The van der Waals surface area contributed by atoms with Crippen molar-refractivity contribution in [3.05, 3.63) is 35.4 Å². The fraction of sp³-hybridized carbons (Fsp3) is 0.611. The molecule has 0 aliphatic rings. The minimum absolute atomic E-state index is 0.143. The molecule has 0 heterocycles. The second-order valence-corrected chi connectivity index (χ2v) is 5.81. The summed E-state index contributed by atoms with van der Waals surface area (Å²) in [4.78, 5) is 13.8. The Morgan fingerprint density at radius 3 is 2.33 bits per heavy atom. The van der Waals surface area contributed by atoms with Crippen LogP contribution in [0.2, 0.25) is 0 Å². The molecule has 0 spiro atoms. The molecule has 0 aromatic heterocycles. The van der Waals surface area contributed by atoms with Crippen molar-refractivity contribution in [1.82, 2.24) is 10.2 Å². The monoisotopic (exact) mass is 290 g/mol. The number of hydrogen-bond acceptors (Lipinski definition) is 2. The molecular weight excluding hydrogens is 260 g/mol. The van der Waals surface area contributed by atoms with Crippen LogP contribution in [-0.4, -0.2) is 30.4 Å². The Labute approximate surface area is 129 Å². The normalized spacial score (nSPS) is 13.8. The van der Waals surface area contributed by atoms with Crippen molar-refractivity contribution in [1.29, 1.82) is 0 Å². The molecule has 1 aromatic carbocycles. The quantitative estimate of drug-likeness (QED) is 0.794. The number of rotatable bonds is 8. The van der Waals surface area contributed by atoms with E-state index in [1.54, 1.807) is 4.90 Å². The fourth-order valence-corrected chi connectivity index (χ4v) is 2.38. The number of amides is 1. The van der Waals surface area contributed by atoms with Crippen molar-refractivity contribution in [3.63, 3.8) is 0 Å². The van der Waals surface area contributed by atoms with Gasteiger partial charge in [-0.25, -0.2) is 0 Å². The standard InChI is InChI=1S/C18H30N2O/c1-6-8-9-16-10-12-17(13-11-16)14(3)19-15(4)18(21)20(5)7-2/h10-15,19H,6-9H2,1-5H3. The summed E-state index contributed by atoms with van der Waals surface area (Å²) in [5.41, 5.74) is 2.62. The molecule has 0 saturated carbocycles. The summed E-state index contributed by atoms with van der Waals surface area (Å²) in [5.74, 6) is 0.143. The topological polar surface area (TPSA) is 32.3 Å². The Bertz CT molecular complexity index is 427. The van der Waals surface area contributed by atoms with E-state index in [1.807, 2.05) is 20.9 Å². The molecule has 3 heteroatoms. The van der Waals surface area contributed by atoms with Gasteiger partial charge in [0.2, 0.25) is 5.91 Å². The van der Waals surface area contributed by atoms with Crippen LogP contribution in [0.5, 0.6) is 0 Å². The maximum atomic E-state index is 12.1. The zero-order valence-corrected chi connectivity index (χ0v) is 14.1. The molecule has 2 unspecified atom stereocenters. The van der Waals surface area contributed by atoms with Crippen LogP contribution in [0.25, 0.3) is 0 Å². The molecule has 0 radical (unpaired) electrons. The van der Waals surface area contributed by atoms with Crippen LogP contribution < -0.4 is 5.32 Å². The molecule has 0 bridgehead atoms. The molecule has 0 saturated heterocycles. The first-order valence-corrected chi connectivity index (χ1v) is 8.09. The third-order valence-electron chi connectivity index (χ3n) is 4.02. The van der Waals surface area contributed by atoms with Crippen molar-refractivity contribution in [3.8, 4) is 0 Å². The lowest BCUT2D eigenvalue weighted by Crippen LogP contribution is -2.43. The summed E-state index contributed by atoms with van der Waals surface area (Å²) in [6.45, 7) is 8.98. The highest BCUT2D eigenvalue weighted by atomic mass is 16.2. The minimum Gasteiger partial charge on any atom is -0.345 e. The maximum absolute atomic E-state index is 12.1. The molecule has 0 fully saturated rings. The lowest BCUT2D eigenvalue weighted by molar-refractivity contribution is -0.131. The Kier molecular flexibility index (Phi) is 7.44. The first-order valence-electron chi connectivity index (χ1n) is 8.09. The van der Waals surface area contributed by atoms with Crippen molar-refractivity contribution in [2.24, 2.45) is 0 Å². The predicted octanol–water partition coefficient (Wildman–Crippen LogP) is 3.55. The number of hydrogen-bond donors (Lipinski definition) is 1. The number of carbonyl (C=O) groups excluding carboxylic acids is 1. The summed E-state index contributed by atoms with van der Waals surface area (Å²) < 4.78 is 0. The maximum Gasteiger partial charge on any atom is 0.239 e. The van der Waals surface area contributed by atoms with Gasteiger partial charge < -0.3 is 4.90 Å². The van der Waals surface area contributed by atoms with Gasteiger partial charge in [0, 0.05) is 19.6 Å². The summed E-state index contributed by atoms with van der Waals surface area (Å²) >= 11 is 0. The number of nitrogens with one attached hydrogen (secondary N) is 1. The van der Waals surface area contributed by atoms with Crippen LogP contribution in [0.4, 0.5) is 0 Å². The lowest BCUT2D eigenvalue weighted by atomic mass is 10.0. The van der Waals surface area contributed by atoms with E-state index >= 15 is 0 Å². The smallest absolute Gasteiger partial charge is 0.239 e. The van der Waals surface area contributed by atoms with Crippen molar-refractivity contribution < 1.29 is 4.79 Å². The third kappa shape index (κ3) is 5.50. The average molecular weight is 290 g/mol. The minimum atomic E-state index is -0.162. The van der Waals surface area contributed by atoms with E-state index < -0.39 is 0 Å². The van der Waals surface area contributed by atoms with Gasteiger partial charge in [0.05, 0.1) is 6.04 Å². The van der Waals surface area contributed by atoms with Crippen molar-refractivity contribution >= 4 is 5.91 Å². The van der Waals surface area contributed by atoms with Crippen LogP contribution in [0.15, 0.2) is 24.3 Å². The second kappa shape index (κ2) is 8.83. The predicted molar refractivity (Wildman–Crippen MR) is 89.4 cm³/mol. The highest BCUT2D eigenvalue weighted by molar-refractivity contribution is 5.81. The van der Waals surface area contributed by atoms with Gasteiger partial charge in [0.15, 0.2) is 0 Å². The fourth-order valence-electron chi connectivity index (χ4n) is 2.38. The first-order chi connectivity index (χ1) is 9.99. The van der Waals surface area contributed by atoms with Gasteiger partial charge in [-0.05, 0) is 44.7 Å². The van der Waals surface area contributed by atoms with Crippen LogP contribution in [0, 0.1) is 0 Å². The van der Waals surface area contributed by atoms with E-state index in [-0.39, 0.29) is 18.0 Å². The highest BCUT2D eigenvalue weighted by Crippen LogP contribution is 2.15. The number of likely N-dealkylation sites (N-methyl/N-ethyl adjacent to an activating group) is 1. The van der Waals surface area contributed by atoms with Gasteiger partial charge in [-0.3, -0.25) is 10.1 Å². The number of unbranched alkanes of at least 4 members (excludes halogenated alkanes) is 1. The molecule has 1 aromatic rings. The van der Waals surface area contributed by atoms with Gasteiger partial charge in [-0.1, -0.05) is 37.6 Å². The summed E-state index contributed by atoms with van der Waals surface area (Å²) in [6, 6.07) is 8.76. The molecule has 118 valence electrons. The number of aryl methyl sites for hydroxylation is 1. The molecular formula is C18H30N2O. The third-order valence-corrected chi connectivity index (χ3v) is 4.02. The van der Waals surface area contributed by atoms with Crippen LogP contribution in [-0.2, 0) is 11.2 Å². The molecule has 0 aliphatic heterocycles. The van der Waals surface area contributed by atoms with Gasteiger partial charge >= 0.3 is 0 Å². The van der Waals surface area contributed by atoms with Crippen molar-refractivity contribution in [2.75, 3.05) is 13.6 Å². The summed E-state index contributed by atoms with van der Waals surface area (Å²) in [5, 5.41) is 3.38. The van der Waals surface area contributed by atoms with Crippen LogP contribution in [0.3, 0.4) is 0 Å². The van der Waals surface area contributed by atoms with Crippen LogP contribution in [0.1, 0.15) is 57.7 Å². The molecule has 0 aliphatic carbocycles. The number of nitrogens with zero attached hydrogens (tertiary/aromatic N) is 1. The number of carbonyl (C=O) groups is 1. The van der Waals surface area contributed by atoms with E-state index in [0.29, 0.717) is 0 Å². The van der Waals surface area contributed by atoms with Crippen molar-refractivity contribution in [2.45, 2.75) is 59.0 Å². The Morgan fingerprint density at radius 1 is 1.19 bits per heavy atom. The molecule has 3 nitrogen and oxygen atoms in total. The Hall–Kier alpha value is -1.35. The van der Waals surface area contributed by atoms with E-state index in [0.717, 1.165) is 13.0 Å². The molecule has 21 heavy (non-hydrogen) atoms. The van der Waals surface area contributed by atoms with E-state index in [1.165, 1.54) is 24.0 Å². The Balaban J connectivity index is 2.58. The first kappa shape index (κ1) is 17.7. The molecule has 2 atom stereocenters.